The van der Waals surface area contributed by atoms with Crippen LogP contribution < -0.4 is 10.3 Å². The largest absolute Gasteiger partial charge is 0.489 e. The van der Waals surface area contributed by atoms with Crippen LogP contribution in [0.5, 0.6) is 5.75 Å². The van der Waals surface area contributed by atoms with Gasteiger partial charge in [0.1, 0.15) is 18.2 Å². The Morgan fingerprint density at radius 1 is 1.00 bits per heavy atom. The molecule has 6 heteroatoms. The molecule has 0 amide bonds. The summed E-state index contributed by atoms with van der Waals surface area (Å²) in [6.45, 7) is 0.297. The van der Waals surface area contributed by atoms with Gasteiger partial charge in [-0.15, -0.1) is 0 Å². The second-order valence-electron chi connectivity index (χ2n) is 6.25. The number of aromatic carboxylic acids is 1. The summed E-state index contributed by atoms with van der Waals surface area (Å²) in [5.41, 5.74) is 2.27. The highest BCUT2D eigenvalue weighted by atomic mass is 16.5. The maximum Gasteiger partial charge on any atom is 0.335 e. The first-order chi connectivity index (χ1) is 13.6. The zero-order chi connectivity index (χ0) is 19.5. The summed E-state index contributed by atoms with van der Waals surface area (Å²) in [5, 5.41) is 9.49. The average molecular weight is 372 g/mol. The predicted octanol–water partition coefficient (Wildman–Crippen LogP) is 3.87. The van der Waals surface area contributed by atoms with Crippen molar-refractivity contribution in [2.75, 3.05) is 0 Å². The fourth-order valence-electron chi connectivity index (χ4n) is 2.87. The maximum absolute atomic E-state index is 12.3. The lowest BCUT2D eigenvalue weighted by atomic mass is 10.1. The summed E-state index contributed by atoms with van der Waals surface area (Å²) in [4.78, 5) is 30.5. The molecule has 4 aromatic rings. The van der Waals surface area contributed by atoms with E-state index >= 15 is 0 Å². The monoisotopic (exact) mass is 372 g/mol. The Morgan fingerprint density at radius 2 is 1.79 bits per heavy atom. The van der Waals surface area contributed by atoms with Gasteiger partial charge in [0, 0.05) is 5.56 Å². The van der Waals surface area contributed by atoms with E-state index in [1.807, 2.05) is 24.3 Å². The highest BCUT2D eigenvalue weighted by molar-refractivity contribution is 5.87. The van der Waals surface area contributed by atoms with E-state index < -0.39 is 5.97 Å². The Labute approximate surface area is 160 Å². The van der Waals surface area contributed by atoms with Crippen molar-refractivity contribution in [2.45, 2.75) is 6.61 Å². The highest BCUT2D eigenvalue weighted by Gasteiger charge is 2.07. The molecule has 3 aromatic carbocycles. The summed E-state index contributed by atoms with van der Waals surface area (Å²) in [7, 11) is 0. The third-order valence-corrected chi connectivity index (χ3v) is 4.33. The van der Waals surface area contributed by atoms with Gasteiger partial charge in [-0.2, -0.15) is 0 Å². The van der Waals surface area contributed by atoms with Gasteiger partial charge in [-0.25, -0.2) is 9.78 Å². The Balaban J connectivity index is 1.56. The molecule has 138 valence electrons. The topological polar surface area (TPSA) is 92.3 Å². The van der Waals surface area contributed by atoms with Gasteiger partial charge in [0.05, 0.1) is 16.5 Å². The molecule has 1 aromatic heterocycles. The molecule has 1 heterocycles. The lowest BCUT2D eigenvalue weighted by molar-refractivity contribution is 0.0697. The predicted molar refractivity (Wildman–Crippen MR) is 106 cm³/mol. The number of hydrogen-bond acceptors (Lipinski definition) is 4. The van der Waals surface area contributed by atoms with Crippen molar-refractivity contribution < 1.29 is 14.6 Å². The minimum absolute atomic E-state index is 0.189. The first-order valence-electron chi connectivity index (χ1n) is 8.65. The SMILES string of the molecule is O=C(O)c1ccc(COc2cccc(-c3nc4ccccc4c(=O)[nH]3)c2)cc1. The quantitative estimate of drug-likeness (QED) is 0.555. The molecule has 0 atom stereocenters. The van der Waals surface area contributed by atoms with Crippen LogP contribution in [0.2, 0.25) is 0 Å². The van der Waals surface area contributed by atoms with Gasteiger partial charge in [0.15, 0.2) is 0 Å². The standard InChI is InChI=1S/C22H16N2O4/c25-21-18-6-1-2-7-19(18)23-20(24-21)16-4-3-5-17(12-16)28-13-14-8-10-15(11-9-14)22(26)27/h1-12H,13H2,(H,26,27)(H,23,24,25). The van der Waals surface area contributed by atoms with E-state index in [4.69, 9.17) is 9.84 Å². The third kappa shape index (κ3) is 3.61. The van der Waals surface area contributed by atoms with Crippen molar-refractivity contribution in [2.24, 2.45) is 0 Å². The van der Waals surface area contributed by atoms with Crippen LogP contribution in [-0.4, -0.2) is 21.0 Å². The second kappa shape index (κ2) is 7.36. The van der Waals surface area contributed by atoms with Crippen LogP contribution >= 0.6 is 0 Å². The van der Waals surface area contributed by atoms with Gasteiger partial charge in [-0.3, -0.25) is 4.79 Å². The molecule has 0 unspecified atom stereocenters. The van der Waals surface area contributed by atoms with Gasteiger partial charge in [-0.05, 0) is 42.0 Å². The number of ether oxygens (including phenoxy) is 1. The second-order valence-corrected chi connectivity index (χ2v) is 6.25. The number of fused-ring (bicyclic) bond motifs is 1. The molecule has 0 saturated heterocycles. The molecule has 0 aliphatic heterocycles. The fourth-order valence-corrected chi connectivity index (χ4v) is 2.87. The number of nitrogens with zero attached hydrogens (tertiary/aromatic N) is 1. The van der Waals surface area contributed by atoms with Crippen molar-refractivity contribution in [3.8, 4) is 17.1 Å². The van der Waals surface area contributed by atoms with E-state index in [2.05, 4.69) is 9.97 Å². The molecule has 28 heavy (non-hydrogen) atoms. The molecular weight excluding hydrogens is 356 g/mol. The van der Waals surface area contributed by atoms with Crippen LogP contribution in [0.25, 0.3) is 22.3 Å². The Morgan fingerprint density at radius 3 is 2.57 bits per heavy atom. The summed E-state index contributed by atoms with van der Waals surface area (Å²) in [6.07, 6.45) is 0. The Hall–Kier alpha value is -3.93. The van der Waals surface area contributed by atoms with Crippen molar-refractivity contribution >= 4 is 16.9 Å². The number of para-hydroxylation sites is 1. The molecule has 0 aliphatic rings. The molecule has 0 aliphatic carbocycles. The van der Waals surface area contributed by atoms with Gasteiger partial charge in [0.2, 0.25) is 0 Å². The molecule has 0 fully saturated rings. The lowest BCUT2D eigenvalue weighted by Crippen LogP contribution is -2.09. The first-order valence-corrected chi connectivity index (χ1v) is 8.65. The third-order valence-electron chi connectivity index (χ3n) is 4.33. The number of carboxylic acids is 1. The highest BCUT2D eigenvalue weighted by Crippen LogP contribution is 2.22. The zero-order valence-electron chi connectivity index (χ0n) is 14.8. The molecule has 0 bridgehead atoms. The smallest absolute Gasteiger partial charge is 0.335 e. The van der Waals surface area contributed by atoms with Crippen LogP contribution in [0.4, 0.5) is 0 Å². The first kappa shape index (κ1) is 17.5. The van der Waals surface area contributed by atoms with Crippen molar-refractivity contribution in [1.82, 2.24) is 9.97 Å². The van der Waals surface area contributed by atoms with E-state index in [9.17, 15) is 9.59 Å². The molecule has 0 saturated carbocycles. The van der Waals surface area contributed by atoms with E-state index in [-0.39, 0.29) is 11.1 Å². The number of benzene rings is 3. The van der Waals surface area contributed by atoms with Crippen molar-refractivity contribution in [3.05, 3.63) is 94.3 Å². The van der Waals surface area contributed by atoms with E-state index in [1.165, 1.54) is 0 Å². The van der Waals surface area contributed by atoms with Crippen LogP contribution in [0.3, 0.4) is 0 Å². The summed E-state index contributed by atoms with van der Waals surface area (Å²) in [6, 6.07) is 21.0. The number of rotatable bonds is 5. The molecular formula is C22H16N2O4. The number of aromatic nitrogens is 2. The summed E-state index contributed by atoms with van der Waals surface area (Å²) < 4.78 is 5.81. The van der Waals surface area contributed by atoms with E-state index in [1.54, 1.807) is 48.5 Å². The minimum Gasteiger partial charge on any atom is -0.489 e. The normalized spacial score (nSPS) is 10.7. The van der Waals surface area contributed by atoms with Crippen molar-refractivity contribution in [3.63, 3.8) is 0 Å². The Kier molecular flexibility index (Phi) is 4.60. The molecule has 2 N–H and O–H groups in total. The van der Waals surface area contributed by atoms with Crippen LogP contribution in [-0.2, 0) is 6.61 Å². The number of nitrogens with one attached hydrogen (secondary N) is 1. The van der Waals surface area contributed by atoms with Crippen LogP contribution in [0.15, 0.2) is 77.6 Å². The van der Waals surface area contributed by atoms with Crippen molar-refractivity contribution in [1.29, 1.82) is 0 Å². The number of H-pyrrole nitrogens is 1. The molecule has 0 spiro atoms. The number of carbonyl (C=O) groups is 1. The number of hydrogen-bond donors (Lipinski definition) is 2. The van der Waals surface area contributed by atoms with Crippen LogP contribution in [0, 0.1) is 0 Å². The minimum atomic E-state index is -0.961. The average Bonchev–Trinajstić information content (AvgIpc) is 2.73. The van der Waals surface area contributed by atoms with Gasteiger partial charge >= 0.3 is 5.97 Å². The zero-order valence-corrected chi connectivity index (χ0v) is 14.8. The molecule has 6 nitrogen and oxygen atoms in total. The maximum atomic E-state index is 12.3. The van der Waals surface area contributed by atoms with E-state index in [0.29, 0.717) is 29.1 Å². The molecule has 4 rings (SSSR count). The fraction of sp³-hybridized carbons (Fsp3) is 0.0455. The van der Waals surface area contributed by atoms with Gasteiger partial charge in [-0.1, -0.05) is 36.4 Å². The van der Waals surface area contributed by atoms with Gasteiger partial charge < -0.3 is 14.8 Å². The Bertz CT molecular complexity index is 1210. The summed E-state index contributed by atoms with van der Waals surface area (Å²) >= 11 is 0. The van der Waals surface area contributed by atoms with Crippen LogP contribution in [0.1, 0.15) is 15.9 Å². The molecule has 0 radical (unpaired) electrons. The summed E-state index contributed by atoms with van der Waals surface area (Å²) in [5.74, 6) is 0.132. The number of aromatic amines is 1. The lowest BCUT2D eigenvalue weighted by Gasteiger charge is -2.09. The van der Waals surface area contributed by atoms with E-state index in [0.717, 1.165) is 11.1 Å². The van der Waals surface area contributed by atoms with Gasteiger partial charge in [0.25, 0.3) is 5.56 Å². The number of carboxylic acid groups (broad SMARTS) is 1.